The SMILES string of the molecule is CCC#CCCCc1ccccc1. The molecule has 0 aliphatic carbocycles. The van der Waals surface area contributed by atoms with Gasteiger partial charge in [0.2, 0.25) is 0 Å². The van der Waals surface area contributed by atoms with E-state index in [-0.39, 0.29) is 0 Å². The van der Waals surface area contributed by atoms with E-state index in [1.165, 1.54) is 12.0 Å². The van der Waals surface area contributed by atoms with Crippen LogP contribution >= 0.6 is 0 Å². The number of rotatable bonds is 3. The quantitative estimate of drug-likeness (QED) is 0.484. The van der Waals surface area contributed by atoms with Crippen LogP contribution in [-0.2, 0) is 6.42 Å². The van der Waals surface area contributed by atoms with Gasteiger partial charge in [-0.25, -0.2) is 0 Å². The maximum absolute atomic E-state index is 3.16. The normalized spacial score (nSPS) is 9.00. The van der Waals surface area contributed by atoms with Crippen LogP contribution in [0.25, 0.3) is 0 Å². The van der Waals surface area contributed by atoms with E-state index in [0.717, 1.165) is 19.3 Å². The van der Waals surface area contributed by atoms with Crippen molar-refractivity contribution in [3.8, 4) is 11.8 Å². The van der Waals surface area contributed by atoms with Crippen molar-refractivity contribution in [1.29, 1.82) is 0 Å². The highest BCUT2D eigenvalue weighted by molar-refractivity contribution is 5.14. The summed E-state index contributed by atoms with van der Waals surface area (Å²) in [5.41, 5.74) is 1.42. The second kappa shape index (κ2) is 6.31. The largest absolute Gasteiger partial charge is 0.104 e. The lowest BCUT2D eigenvalue weighted by Crippen LogP contribution is -1.82. The van der Waals surface area contributed by atoms with Crippen molar-refractivity contribution in [3.05, 3.63) is 35.9 Å². The molecule has 1 aromatic rings. The summed E-state index contributed by atoms with van der Waals surface area (Å²) in [5.74, 6) is 6.24. The van der Waals surface area contributed by atoms with Gasteiger partial charge in [-0.05, 0) is 18.4 Å². The second-order valence-corrected chi connectivity index (χ2v) is 3.05. The van der Waals surface area contributed by atoms with Crippen LogP contribution in [0.3, 0.4) is 0 Å². The Balaban J connectivity index is 2.20. The molecule has 1 aromatic carbocycles. The fourth-order valence-electron chi connectivity index (χ4n) is 1.24. The smallest absolute Gasteiger partial charge is 0.00918 e. The summed E-state index contributed by atoms with van der Waals surface area (Å²) >= 11 is 0. The molecule has 1 rings (SSSR count). The molecule has 0 aromatic heterocycles. The molecule has 0 N–H and O–H groups in total. The van der Waals surface area contributed by atoms with Crippen molar-refractivity contribution < 1.29 is 0 Å². The third kappa shape index (κ3) is 4.38. The first-order valence-electron chi connectivity index (χ1n) is 4.93. The van der Waals surface area contributed by atoms with Gasteiger partial charge in [0.15, 0.2) is 0 Å². The number of aryl methyl sites for hydroxylation is 1. The lowest BCUT2D eigenvalue weighted by Gasteiger charge is -1.96. The molecule has 0 heterocycles. The summed E-state index contributed by atoms with van der Waals surface area (Å²) < 4.78 is 0. The molecule has 0 aliphatic heterocycles. The molecule has 0 heteroatoms. The van der Waals surface area contributed by atoms with Crippen LogP contribution < -0.4 is 0 Å². The van der Waals surface area contributed by atoms with Gasteiger partial charge in [0, 0.05) is 12.8 Å². The minimum absolute atomic E-state index is 0.978. The average molecular weight is 172 g/mol. The maximum Gasteiger partial charge on any atom is 0.00918 e. The van der Waals surface area contributed by atoms with Crippen molar-refractivity contribution in [2.24, 2.45) is 0 Å². The van der Waals surface area contributed by atoms with Crippen LogP contribution in [0.2, 0.25) is 0 Å². The summed E-state index contributed by atoms with van der Waals surface area (Å²) in [4.78, 5) is 0. The van der Waals surface area contributed by atoms with Crippen molar-refractivity contribution >= 4 is 0 Å². The van der Waals surface area contributed by atoms with Crippen molar-refractivity contribution in [2.45, 2.75) is 32.6 Å². The Bertz CT molecular complexity index is 274. The van der Waals surface area contributed by atoms with Gasteiger partial charge in [0.1, 0.15) is 0 Å². The highest BCUT2D eigenvalue weighted by Gasteiger charge is 1.88. The average Bonchev–Trinajstić information content (AvgIpc) is 2.19. The fraction of sp³-hybridized carbons (Fsp3) is 0.385. The van der Waals surface area contributed by atoms with Crippen molar-refractivity contribution in [3.63, 3.8) is 0 Å². The molecule has 0 saturated heterocycles. The summed E-state index contributed by atoms with van der Waals surface area (Å²) in [6.45, 7) is 2.09. The lowest BCUT2D eigenvalue weighted by molar-refractivity contribution is 0.857. The molecule has 0 nitrogen and oxygen atoms in total. The molecule has 0 bridgehead atoms. The molecular weight excluding hydrogens is 156 g/mol. The molecule has 0 radical (unpaired) electrons. The molecule has 0 fully saturated rings. The summed E-state index contributed by atoms with van der Waals surface area (Å²) in [6.07, 6.45) is 4.34. The number of unbranched alkanes of at least 4 members (excludes halogenated alkanes) is 1. The highest BCUT2D eigenvalue weighted by atomic mass is 13.9. The highest BCUT2D eigenvalue weighted by Crippen LogP contribution is 2.03. The molecule has 0 spiro atoms. The van der Waals surface area contributed by atoms with Gasteiger partial charge in [-0.1, -0.05) is 37.3 Å². The van der Waals surface area contributed by atoms with E-state index in [2.05, 4.69) is 49.1 Å². The predicted octanol–water partition coefficient (Wildman–Crippen LogP) is 3.42. The van der Waals surface area contributed by atoms with Crippen LogP contribution in [0.4, 0.5) is 0 Å². The van der Waals surface area contributed by atoms with Gasteiger partial charge >= 0.3 is 0 Å². The van der Waals surface area contributed by atoms with E-state index in [0.29, 0.717) is 0 Å². The molecular formula is C13H16. The minimum atomic E-state index is 0.978. The van der Waals surface area contributed by atoms with Crippen LogP contribution in [-0.4, -0.2) is 0 Å². The zero-order chi connectivity index (χ0) is 9.36. The Morgan fingerprint density at radius 3 is 2.54 bits per heavy atom. The first kappa shape index (κ1) is 9.86. The minimum Gasteiger partial charge on any atom is -0.104 e. The van der Waals surface area contributed by atoms with E-state index >= 15 is 0 Å². The maximum atomic E-state index is 3.16. The van der Waals surface area contributed by atoms with Gasteiger partial charge in [-0.2, -0.15) is 0 Å². The monoisotopic (exact) mass is 172 g/mol. The Morgan fingerprint density at radius 2 is 1.85 bits per heavy atom. The molecule has 0 amide bonds. The van der Waals surface area contributed by atoms with Gasteiger partial charge in [-0.15, -0.1) is 11.8 Å². The first-order chi connectivity index (χ1) is 6.43. The zero-order valence-corrected chi connectivity index (χ0v) is 8.22. The Hall–Kier alpha value is -1.22. The van der Waals surface area contributed by atoms with Crippen molar-refractivity contribution in [2.75, 3.05) is 0 Å². The Morgan fingerprint density at radius 1 is 1.08 bits per heavy atom. The third-order valence-corrected chi connectivity index (χ3v) is 1.91. The predicted molar refractivity (Wildman–Crippen MR) is 57.4 cm³/mol. The van der Waals surface area contributed by atoms with Crippen molar-refractivity contribution in [1.82, 2.24) is 0 Å². The molecule has 0 aliphatic rings. The van der Waals surface area contributed by atoms with Crippen LogP contribution in [0.5, 0.6) is 0 Å². The molecule has 13 heavy (non-hydrogen) atoms. The number of hydrogen-bond acceptors (Lipinski definition) is 0. The van der Waals surface area contributed by atoms with Crippen LogP contribution in [0.15, 0.2) is 30.3 Å². The Labute approximate surface area is 81.0 Å². The molecule has 0 atom stereocenters. The molecule has 0 unspecified atom stereocenters. The first-order valence-corrected chi connectivity index (χ1v) is 4.93. The summed E-state index contributed by atoms with van der Waals surface area (Å²) in [6, 6.07) is 10.6. The topological polar surface area (TPSA) is 0 Å². The van der Waals surface area contributed by atoms with Crippen LogP contribution in [0, 0.1) is 11.8 Å². The van der Waals surface area contributed by atoms with E-state index in [1.807, 2.05) is 0 Å². The zero-order valence-electron chi connectivity index (χ0n) is 8.22. The molecule has 0 saturated carbocycles. The second-order valence-electron chi connectivity index (χ2n) is 3.05. The standard InChI is InChI=1S/C13H16/c1-2-3-4-5-7-10-13-11-8-6-9-12-13/h6,8-9,11-12H,2,5,7,10H2,1H3. The number of benzene rings is 1. The Kier molecular flexibility index (Phi) is 4.79. The van der Waals surface area contributed by atoms with E-state index < -0.39 is 0 Å². The van der Waals surface area contributed by atoms with E-state index in [4.69, 9.17) is 0 Å². The van der Waals surface area contributed by atoms with Gasteiger partial charge in [0.25, 0.3) is 0 Å². The van der Waals surface area contributed by atoms with Gasteiger partial charge < -0.3 is 0 Å². The number of hydrogen-bond donors (Lipinski definition) is 0. The summed E-state index contributed by atoms with van der Waals surface area (Å²) in [7, 11) is 0. The van der Waals surface area contributed by atoms with Crippen LogP contribution in [0.1, 0.15) is 31.7 Å². The lowest BCUT2D eigenvalue weighted by atomic mass is 10.1. The van der Waals surface area contributed by atoms with E-state index in [9.17, 15) is 0 Å². The van der Waals surface area contributed by atoms with E-state index in [1.54, 1.807) is 0 Å². The molecule has 68 valence electrons. The fourth-order valence-corrected chi connectivity index (χ4v) is 1.24. The third-order valence-electron chi connectivity index (χ3n) is 1.91. The van der Waals surface area contributed by atoms with Gasteiger partial charge in [-0.3, -0.25) is 0 Å². The van der Waals surface area contributed by atoms with Gasteiger partial charge in [0.05, 0.1) is 0 Å². The summed E-state index contributed by atoms with van der Waals surface area (Å²) in [5, 5.41) is 0.